The van der Waals surface area contributed by atoms with Crippen molar-refractivity contribution in [2.75, 3.05) is 3.93 Å². The van der Waals surface area contributed by atoms with Crippen LogP contribution in [0.25, 0.3) is 11.6 Å². The molecule has 0 fully saturated rings. The summed E-state index contributed by atoms with van der Waals surface area (Å²) in [6, 6.07) is 14.0. The lowest BCUT2D eigenvalue weighted by Gasteiger charge is -2.20. The first-order chi connectivity index (χ1) is 13.0. The highest BCUT2D eigenvalue weighted by molar-refractivity contribution is 9.10. The van der Waals surface area contributed by atoms with Crippen LogP contribution in [0.5, 0.6) is 0 Å². The topological polar surface area (TPSA) is 3.24 Å². The number of nitrogens with zero attached hydrogens (tertiary/aromatic N) is 1. The van der Waals surface area contributed by atoms with E-state index in [0.29, 0.717) is 12.0 Å². The van der Waals surface area contributed by atoms with Gasteiger partial charge in [0.1, 0.15) is 0 Å². The summed E-state index contributed by atoms with van der Waals surface area (Å²) in [4.78, 5) is 0. The number of benzene rings is 2. The zero-order valence-corrected chi connectivity index (χ0v) is 17.9. The van der Waals surface area contributed by atoms with Crippen molar-refractivity contribution in [1.82, 2.24) is 0 Å². The molecule has 1 nitrogen and oxygen atoms in total. The third kappa shape index (κ3) is 2.36. The lowest BCUT2D eigenvalue weighted by Crippen LogP contribution is -2.21. The first kappa shape index (κ1) is 17.1. The Morgan fingerprint density at radius 3 is 2.59 bits per heavy atom. The normalized spacial score (nSPS) is 22.6. The van der Waals surface area contributed by atoms with Gasteiger partial charge in [-0.3, -0.25) is 3.93 Å². The quantitative estimate of drug-likeness (QED) is 0.476. The number of halogens is 1. The van der Waals surface area contributed by atoms with E-state index >= 15 is 0 Å². The lowest BCUT2D eigenvalue weighted by molar-refractivity contribution is 0.844. The van der Waals surface area contributed by atoms with Gasteiger partial charge in [0.15, 0.2) is 0 Å². The Morgan fingerprint density at radius 2 is 1.78 bits per heavy atom. The summed E-state index contributed by atoms with van der Waals surface area (Å²) < 4.78 is 2.29. The molecule has 136 valence electrons. The van der Waals surface area contributed by atoms with Gasteiger partial charge in [-0.1, -0.05) is 36.4 Å². The number of anilines is 1. The molecule has 2 aliphatic carbocycles. The van der Waals surface area contributed by atoms with Gasteiger partial charge in [-0.2, -0.15) is 0 Å². The van der Waals surface area contributed by atoms with Crippen molar-refractivity contribution in [3.05, 3.63) is 87.0 Å². The van der Waals surface area contributed by atoms with Crippen LogP contribution in [0.1, 0.15) is 54.5 Å². The Balaban J connectivity index is 1.57. The van der Waals surface area contributed by atoms with Gasteiger partial charge in [0.2, 0.25) is 0 Å². The zero-order valence-electron chi connectivity index (χ0n) is 16.3. The summed E-state index contributed by atoms with van der Waals surface area (Å²) in [6.45, 7) is 9.06. The van der Waals surface area contributed by atoms with Crippen LogP contribution in [0, 0.1) is 6.92 Å². The summed E-state index contributed by atoms with van der Waals surface area (Å²) in [5.74, 6) is 0.482. The molecule has 0 aromatic heterocycles. The summed E-state index contributed by atoms with van der Waals surface area (Å²) in [7, 11) is 0. The Morgan fingerprint density at radius 1 is 1.00 bits per heavy atom. The Hall–Kier alpha value is -2.06. The van der Waals surface area contributed by atoms with Crippen LogP contribution in [0.4, 0.5) is 5.69 Å². The molecule has 0 saturated carbocycles. The summed E-state index contributed by atoms with van der Waals surface area (Å²) in [5, 5.41) is 0. The highest BCUT2D eigenvalue weighted by Crippen LogP contribution is 2.52. The van der Waals surface area contributed by atoms with E-state index in [-0.39, 0.29) is 0 Å². The minimum Gasteiger partial charge on any atom is -0.297 e. The third-order valence-electron chi connectivity index (χ3n) is 6.79. The van der Waals surface area contributed by atoms with Crippen LogP contribution >= 0.6 is 16.1 Å². The van der Waals surface area contributed by atoms with E-state index < -0.39 is 0 Å². The van der Waals surface area contributed by atoms with Crippen molar-refractivity contribution in [1.29, 1.82) is 0 Å². The molecule has 2 atom stereocenters. The van der Waals surface area contributed by atoms with Gasteiger partial charge < -0.3 is 0 Å². The molecule has 0 amide bonds. The summed E-state index contributed by atoms with van der Waals surface area (Å²) in [6.07, 6.45) is 5.71. The van der Waals surface area contributed by atoms with E-state index in [2.05, 4.69) is 96.3 Å². The van der Waals surface area contributed by atoms with E-state index in [9.17, 15) is 0 Å². The fraction of sp³-hybridized carbons (Fsp3) is 0.280. The molecule has 1 aliphatic heterocycles. The van der Waals surface area contributed by atoms with Gasteiger partial charge in [0.25, 0.3) is 0 Å². The highest BCUT2D eigenvalue weighted by Gasteiger charge is 2.40. The van der Waals surface area contributed by atoms with Crippen LogP contribution in [0.2, 0.25) is 0 Å². The molecular weight excluding hydrogens is 394 g/mol. The number of allylic oxidation sites excluding steroid dienone is 3. The average molecular weight is 418 g/mol. The van der Waals surface area contributed by atoms with Crippen LogP contribution in [-0.2, 0) is 6.42 Å². The molecule has 0 spiro atoms. The molecule has 0 radical (unpaired) electrons. The van der Waals surface area contributed by atoms with Crippen molar-refractivity contribution >= 4 is 33.5 Å². The number of aryl methyl sites for hydroxylation is 1. The van der Waals surface area contributed by atoms with E-state index in [4.69, 9.17) is 0 Å². The zero-order chi connectivity index (χ0) is 18.9. The maximum absolute atomic E-state index is 3.86. The molecular formula is C25H24BrN. The second-order valence-corrected chi connectivity index (χ2v) is 8.92. The van der Waals surface area contributed by atoms with Crippen molar-refractivity contribution < 1.29 is 0 Å². The standard InChI is InChI=1S/C25H24BrN/c1-14-11-23-22(24-16(3)15(2)17(4)25(24)27(23)26)13-20(14)12-19-10-9-18-7-5-6-8-21(18)19/h5-11,13,19,25H,12H2,1-4H3. The van der Waals surface area contributed by atoms with Crippen molar-refractivity contribution in [2.45, 2.75) is 46.1 Å². The largest absolute Gasteiger partial charge is 0.297 e. The van der Waals surface area contributed by atoms with Gasteiger partial charge in [0, 0.05) is 11.5 Å². The molecule has 5 rings (SSSR count). The minimum atomic E-state index is 0.349. The molecule has 0 N–H and O–H groups in total. The lowest BCUT2D eigenvalue weighted by atomic mass is 9.89. The smallest absolute Gasteiger partial charge is 0.0879 e. The minimum absolute atomic E-state index is 0.349. The van der Waals surface area contributed by atoms with Gasteiger partial charge in [-0.05, 0) is 90.8 Å². The second-order valence-electron chi connectivity index (χ2n) is 8.15. The van der Waals surface area contributed by atoms with Crippen LogP contribution in [0.3, 0.4) is 0 Å². The van der Waals surface area contributed by atoms with E-state index in [1.54, 1.807) is 0 Å². The van der Waals surface area contributed by atoms with E-state index in [1.807, 2.05) is 0 Å². The number of hydrogen-bond donors (Lipinski definition) is 0. The van der Waals surface area contributed by atoms with Crippen molar-refractivity contribution in [3.8, 4) is 0 Å². The average Bonchev–Trinajstić information content (AvgIpc) is 3.26. The summed E-state index contributed by atoms with van der Waals surface area (Å²) >= 11 is 3.86. The molecule has 27 heavy (non-hydrogen) atoms. The SMILES string of the molecule is CC1=C(C)C2C(=C1C)c1cc(CC3C=Cc4ccccc43)c(C)cc1N2Br. The number of rotatable bonds is 2. The van der Waals surface area contributed by atoms with Gasteiger partial charge in [-0.15, -0.1) is 0 Å². The van der Waals surface area contributed by atoms with Gasteiger partial charge >= 0.3 is 0 Å². The molecule has 3 aliphatic rings. The molecule has 2 heteroatoms. The molecule has 2 unspecified atom stereocenters. The third-order valence-corrected chi connectivity index (χ3v) is 7.58. The number of fused-ring (bicyclic) bond motifs is 4. The van der Waals surface area contributed by atoms with Crippen LogP contribution in [0.15, 0.2) is 59.2 Å². The second kappa shape index (κ2) is 5.97. The molecule has 0 saturated heterocycles. The number of hydrogen-bond acceptors (Lipinski definition) is 1. The Bertz CT molecular complexity index is 1070. The molecule has 2 aromatic carbocycles. The van der Waals surface area contributed by atoms with Crippen LogP contribution < -0.4 is 3.93 Å². The first-order valence-corrected chi connectivity index (χ1v) is 10.4. The first-order valence-electron chi connectivity index (χ1n) is 9.72. The Kier molecular flexibility index (Phi) is 3.77. The van der Waals surface area contributed by atoms with E-state index in [1.165, 1.54) is 55.8 Å². The monoisotopic (exact) mass is 417 g/mol. The highest BCUT2D eigenvalue weighted by atomic mass is 79.9. The van der Waals surface area contributed by atoms with Crippen molar-refractivity contribution in [3.63, 3.8) is 0 Å². The maximum atomic E-state index is 3.86. The predicted octanol–water partition coefficient (Wildman–Crippen LogP) is 6.97. The van der Waals surface area contributed by atoms with Crippen molar-refractivity contribution in [2.24, 2.45) is 0 Å². The fourth-order valence-electron chi connectivity index (χ4n) is 4.98. The predicted molar refractivity (Wildman–Crippen MR) is 119 cm³/mol. The molecule has 0 bridgehead atoms. The molecule has 2 aromatic rings. The fourth-order valence-corrected chi connectivity index (χ4v) is 5.79. The van der Waals surface area contributed by atoms with Gasteiger partial charge in [0.05, 0.1) is 27.9 Å². The summed E-state index contributed by atoms with van der Waals surface area (Å²) in [5.41, 5.74) is 14.2. The Labute approximate surface area is 170 Å². The molecule has 1 heterocycles. The van der Waals surface area contributed by atoms with Gasteiger partial charge in [-0.25, -0.2) is 0 Å². The van der Waals surface area contributed by atoms with E-state index in [0.717, 1.165) is 6.42 Å². The maximum Gasteiger partial charge on any atom is 0.0879 e. The van der Waals surface area contributed by atoms with Crippen LogP contribution in [-0.4, -0.2) is 6.04 Å².